The minimum Gasteiger partial charge on any atom is -0.497 e. The van der Waals surface area contributed by atoms with E-state index in [0.29, 0.717) is 36.4 Å². The number of fused-ring (bicyclic) bond motifs is 3. The van der Waals surface area contributed by atoms with Crippen molar-refractivity contribution in [3.63, 3.8) is 0 Å². The van der Waals surface area contributed by atoms with E-state index in [1.807, 2.05) is 24.3 Å². The summed E-state index contributed by atoms with van der Waals surface area (Å²) < 4.78 is 17.1. The van der Waals surface area contributed by atoms with Gasteiger partial charge >= 0.3 is 0 Å². The Morgan fingerprint density at radius 3 is 2.78 bits per heavy atom. The Morgan fingerprint density at radius 1 is 1.19 bits per heavy atom. The van der Waals surface area contributed by atoms with Crippen LogP contribution in [-0.4, -0.2) is 31.8 Å². The molecular formula is C25H28N2O5. The number of amides is 2. The van der Waals surface area contributed by atoms with Crippen molar-refractivity contribution in [1.29, 1.82) is 0 Å². The second kappa shape index (κ2) is 8.04. The van der Waals surface area contributed by atoms with Crippen LogP contribution in [0.5, 0.6) is 17.2 Å². The zero-order valence-electron chi connectivity index (χ0n) is 18.4. The van der Waals surface area contributed by atoms with E-state index in [2.05, 4.69) is 10.6 Å². The summed E-state index contributed by atoms with van der Waals surface area (Å²) in [4.78, 5) is 25.9. The third-order valence-electron chi connectivity index (χ3n) is 7.25. The van der Waals surface area contributed by atoms with E-state index in [1.54, 1.807) is 32.4 Å². The normalized spacial score (nSPS) is 27.8. The van der Waals surface area contributed by atoms with Gasteiger partial charge < -0.3 is 24.8 Å². The van der Waals surface area contributed by atoms with Gasteiger partial charge in [0.25, 0.3) is 5.91 Å². The first-order valence-corrected chi connectivity index (χ1v) is 11.1. The molecule has 1 spiro atoms. The molecule has 3 saturated carbocycles. The Hall–Kier alpha value is -3.22. The van der Waals surface area contributed by atoms with E-state index in [1.165, 1.54) is 0 Å². The number of carbonyl (C=O) groups excluding carboxylic acids is 2. The van der Waals surface area contributed by atoms with E-state index >= 15 is 0 Å². The summed E-state index contributed by atoms with van der Waals surface area (Å²) in [6.45, 7) is 0.433. The van der Waals surface area contributed by atoms with Crippen LogP contribution >= 0.6 is 0 Å². The summed E-state index contributed by atoms with van der Waals surface area (Å²) in [5.74, 6) is 2.07. The number of nitrogens with one attached hydrogen (secondary N) is 2. The van der Waals surface area contributed by atoms with Gasteiger partial charge in [0.2, 0.25) is 5.91 Å². The predicted molar refractivity (Wildman–Crippen MR) is 118 cm³/mol. The fourth-order valence-corrected chi connectivity index (χ4v) is 5.60. The highest BCUT2D eigenvalue weighted by Gasteiger charge is 2.57. The van der Waals surface area contributed by atoms with E-state index in [9.17, 15) is 9.59 Å². The molecule has 1 heterocycles. The summed E-state index contributed by atoms with van der Waals surface area (Å²) in [5.41, 5.74) is 0.719. The van der Waals surface area contributed by atoms with Crippen LogP contribution in [0.2, 0.25) is 0 Å². The van der Waals surface area contributed by atoms with Gasteiger partial charge in [-0.3, -0.25) is 9.59 Å². The summed E-state index contributed by atoms with van der Waals surface area (Å²) in [7, 11) is 3.23. The van der Waals surface area contributed by atoms with Crippen LogP contribution < -0.4 is 24.8 Å². The van der Waals surface area contributed by atoms with Crippen LogP contribution in [0.15, 0.2) is 42.5 Å². The summed E-state index contributed by atoms with van der Waals surface area (Å²) in [6, 6.07) is 13.0. The Bertz CT molecular complexity index is 1050. The summed E-state index contributed by atoms with van der Waals surface area (Å²) in [6.07, 6.45) is 3.22. The molecule has 4 atom stereocenters. The van der Waals surface area contributed by atoms with Crippen LogP contribution in [0.3, 0.4) is 0 Å². The van der Waals surface area contributed by atoms with E-state index < -0.39 is 5.72 Å². The van der Waals surface area contributed by atoms with Crippen LogP contribution in [0, 0.1) is 17.8 Å². The van der Waals surface area contributed by atoms with E-state index in [-0.39, 0.29) is 29.6 Å². The molecule has 3 aliphatic carbocycles. The minimum atomic E-state index is -0.751. The van der Waals surface area contributed by atoms with Crippen molar-refractivity contribution in [2.45, 2.75) is 38.0 Å². The molecule has 1 aliphatic heterocycles. The van der Waals surface area contributed by atoms with Gasteiger partial charge in [0.05, 0.1) is 19.8 Å². The maximum absolute atomic E-state index is 13.1. The monoisotopic (exact) mass is 436 g/mol. The van der Waals surface area contributed by atoms with Crippen LogP contribution in [0.4, 0.5) is 0 Å². The Morgan fingerprint density at radius 2 is 2.03 bits per heavy atom. The third-order valence-corrected chi connectivity index (χ3v) is 7.25. The maximum atomic E-state index is 13.1. The molecular weight excluding hydrogens is 408 g/mol. The molecule has 0 unspecified atom stereocenters. The minimum absolute atomic E-state index is 0.0599. The second-order valence-electron chi connectivity index (χ2n) is 8.92. The van der Waals surface area contributed by atoms with Gasteiger partial charge in [-0.2, -0.15) is 0 Å². The van der Waals surface area contributed by atoms with Gasteiger partial charge in [0.1, 0.15) is 17.2 Å². The molecule has 2 bridgehead atoms. The summed E-state index contributed by atoms with van der Waals surface area (Å²) >= 11 is 0. The van der Waals surface area contributed by atoms with Crippen molar-refractivity contribution in [3.05, 3.63) is 53.6 Å². The predicted octanol–water partition coefficient (Wildman–Crippen LogP) is 3.27. The lowest BCUT2D eigenvalue weighted by molar-refractivity contribution is -0.146. The zero-order valence-corrected chi connectivity index (χ0v) is 18.4. The lowest BCUT2D eigenvalue weighted by atomic mass is 9.60. The van der Waals surface area contributed by atoms with Crippen molar-refractivity contribution in [3.8, 4) is 17.2 Å². The van der Waals surface area contributed by atoms with Gasteiger partial charge in [-0.1, -0.05) is 18.2 Å². The standard InChI is InChI=1S/C25H28N2O5/c1-30-18-9-10-19-22(12-18)32-25(27-24(19)29)13-15-7-8-17(25)11-20(15)23(28)26-14-16-5-3-4-6-21(16)31-2/h3-6,9-10,12,15,17,20H,7-8,11,13-14H2,1-2H3,(H,26,28)(H,27,29)/t15-,17+,20+,25-/m1/s1. The van der Waals surface area contributed by atoms with Gasteiger partial charge in [-0.15, -0.1) is 0 Å². The van der Waals surface area contributed by atoms with Crippen molar-refractivity contribution in [2.24, 2.45) is 17.8 Å². The molecule has 6 rings (SSSR count). The fourth-order valence-electron chi connectivity index (χ4n) is 5.60. The smallest absolute Gasteiger partial charge is 0.258 e. The molecule has 0 saturated heterocycles. The molecule has 168 valence electrons. The number of hydrogen-bond acceptors (Lipinski definition) is 5. The molecule has 7 heteroatoms. The average Bonchev–Trinajstić information content (AvgIpc) is 2.82. The Labute approximate surface area is 187 Å². The molecule has 32 heavy (non-hydrogen) atoms. The third kappa shape index (κ3) is 3.45. The fraction of sp³-hybridized carbons (Fsp3) is 0.440. The quantitative estimate of drug-likeness (QED) is 0.751. The summed E-state index contributed by atoms with van der Waals surface area (Å²) in [5, 5.41) is 6.23. The molecule has 2 amide bonds. The Balaban J connectivity index is 1.30. The number of benzene rings is 2. The molecule has 2 aromatic rings. The van der Waals surface area contributed by atoms with Crippen molar-refractivity contribution in [2.75, 3.05) is 14.2 Å². The second-order valence-corrected chi connectivity index (χ2v) is 8.92. The van der Waals surface area contributed by atoms with Crippen molar-refractivity contribution >= 4 is 11.8 Å². The first kappa shape index (κ1) is 20.7. The molecule has 7 nitrogen and oxygen atoms in total. The number of carbonyl (C=O) groups is 2. The maximum Gasteiger partial charge on any atom is 0.258 e. The van der Waals surface area contributed by atoms with E-state index in [0.717, 1.165) is 24.2 Å². The molecule has 0 radical (unpaired) electrons. The van der Waals surface area contributed by atoms with Crippen LogP contribution in [0.25, 0.3) is 0 Å². The van der Waals surface area contributed by atoms with Crippen molar-refractivity contribution < 1.29 is 23.8 Å². The SMILES string of the molecule is COc1ccc2c(c1)O[C@@]1(C[C@H]3CC[C@H]1C[C@@H]3C(=O)NCc1ccccc1OC)NC2=O. The molecule has 2 N–H and O–H groups in total. The highest BCUT2D eigenvalue weighted by atomic mass is 16.5. The highest BCUT2D eigenvalue weighted by molar-refractivity contribution is 5.98. The van der Waals surface area contributed by atoms with Gasteiger partial charge in [-0.25, -0.2) is 0 Å². The van der Waals surface area contributed by atoms with E-state index in [4.69, 9.17) is 14.2 Å². The lowest BCUT2D eigenvalue weighted by Crippen LogP contribution is -2.66. The van der Waals surface area contributed by atoms with Gasteiger partial charge in [-0.05, 0) is 43.4 Å². The number of ether oxygens (including phenoxy) is 3. The van der Waals surface area contributed by atoms with Gasteiger partial charge in [0.15, 0.2) is 5.72 Å². The number of rotatable bonds is 5. The zero-order chi connectivity index (χ0) is 22.3. The molecule has 4 aliphatic rings. The first-order chi connectivity index (χ1) is 15.5. The Kier molecular flexibility index (Phi) is 5.19. The average molecular weight is 437 g/mol. The van der Waals surface area contributed by atoms with Crippen LogP contribution in [-0.2, 0) is 11.3 Å². The highest BCUT2D eigenvalue weighted by Crippen LogP contribution is 2.52. The molecule has 3 fully saturated rings. The lowest BCUT2D eigenvalue weighted by Gasteiger charge is -2.55. The molecule has 0 aromatic heterocycles. The molecule has 2 aromatic carbocycles. The van der Waals surface area contributed by atoms with Crippen molar-refractivity contribution in [1.82, 2.24) is 10.6 Å². The number of hydrogen-bond donors (Lipinski definition) is 2. The first-order valence-electron chi connectivity index (χ1n) is 11.1. The largest absolute Gasteiger partial charge is 0.497 e. The topological polar surface area (TPSA) is 85.9 Å². The van der Waals surface area contributed by atoms with Crippen LogP contribution in [0.1, 0.15) is 41.6 Å². The number of para-hydroxylation sites is 1. The van der Waals surface area contributed by atoms with Gasteiger partial charge in [0, 0.05) is 36.4 Å². The number of methoxy groups -OCH3 is 2.